The lowest BCUT2D eigenvalue weighted by Gasteiger charge is -2.12. The van der Waals surface area contributed by atoms with Gasteiger partial charge >= 0.3 is 0 Å². The van der Waals surface area contributed by atoms with Gasteiger partial charge in [0, 0.05) is 18.2 Å². The molecule has 0 spiro atoms. The number of rotatable bonds is 7. The summed E-state index contributed by atoms with van der Waals surface area (Å²) in [5.41, 5.74) is 2.58. The van der Waals surface area contributed by atoms with Crippen molar-refractivity contribution in [2.24, 2.45) is 0 Å². The fourth-order valence-corrected chi connectivity index (χ4v) is 3.82. The number of carbonyl (C=O) groups excluding carboxylic acids is 2. The molecular formula is C22H23N3O4S. The Morgan fingerprint density at radius 2 is 1.83 bits per heavy atom. The summed E-state index contributed by atoms with van der Waals surface area (Å²) in [6.07, 6.45) is 0. The molecule has 0 saturated heterocycles. The molecule has 1 aromatic heterocycles. The lowest BCUT2D eigenvalue weighted by Crippen LogP contribution is -2.13. The molecule has 0 aliphatic heterocycles. The molecule has 2 aromatic carbocycles. The van der Waals surface area contributed by atoms with E-state index in [9.17, 15) is 9.59 Å². The summed E-state index contributed by atoms with van der Waals surface area (Å²) in [5.74, 6) is 0.793. The highest BCUT2D eigenvalue weighted by molar-refractivity contribution is 7.17. The van der Waals surface area contributed by atoms with Crippen molar-refractivity contribution < 1.29 is 19.1 Å². The number of hydrogen-bond acceptors (Lipinski definition) is 6. The van der Waals surface area contributed by atoms with Crippen molar-refractivity contribution in [2.75, 3.05) is 24.4 Å². The summed E-state index contributed by atoms with van der Waals surface area (Å²) in [4.78, 5) is 29.3. The number of amides is 2. The molecule has 0 bridgehead atoms. The molecule has 1 heterocycles. The predicted molar refractivity (Wildman–Crippen MR) is 119 cm³/mol. The molecule has 0 fully saturated rings. The van der Waals surface area contributed by atoms with Gasteiger partial charge in [0.05, 0.1) is 25.1 Å². The zero-order valence-corrected chi connectivity index (χ0v) is 18.1. The summed E-state index contributed by atoms with van der Waals surface area (Å²) < 4.78 is 10.8. The maximum absolute atomic E-state index is 12.9. The Kier molecular flexibility index (Phi) is 6.68. The average Bonchev–Trinajstić information content (AvgIpc) is 3.10. The van der Waals surface area contributed by atoms with Gasteiger partial charge in [-0.1, -0.05) is 0 Å². The van der Waals surface area contributed by atoms with E-state index in [1.807, 2.05) is 31.2 Å². The SMILES string of the molecule is CCOc1ccc(-c2nc(C)c(C(=O)Nc3cc(NC(C)=O)ccc3OC)s2)cc1. The Balaban J connectivity index is 1.83. The van der Waals surface area contributed by atoms with Crippen LogP contribution in [0, 0.1) is 6.92 Å². The zero-order valence-electron chi connectivity index (χ0n) is 17.2. The maximum Gasteiger partial charge on any atom is 0.267 e. The second-order valence-corrected chi connectivity index (χ2v) is 7.44. The van der Waals surface area contributed by atoms with E-state index in [0.29, 0.717) is 34.3 Å². The van der Waals surface area contributed by atoms with Crippen LogP contribution in [0.5, 0.6) is 11.5 Å². The minimum atomic E-state index is -0.291. The topological polar surface area (TPSA) is 89.5 Å². The Morgan fingerprint density at radius 1 is 1.10 bits per heavy atom. The first kappa shape index (κ1) is 21.3. The number of methoxy groups -OCH3 is 1. The number of hydrogen-bond donors (Lipinski definition) is 2. The zero-order chi connectivity index (χ0) is 21.7. The van der Waals surface area contributed by atoms with E-state index in [2.05, 4.69) is 15.6 Å². The number of anilines is 2. The standard InChI is InChI=1S/C22H23N3O4S/c1-5-29-17-9-6-15(7-10-17)22-23-13(2)20(30-22)21(27)25-18-12-16(24-14(3)26)8-11-19(18)28-4/h6-12H,5H2,1-4H3,(H,24,26)(H,25,27). The Hall–Kier alpha value is -3.39. The van der Waals surface area contributed by atoms with Crippen LogP contribution in [0.15, 0.2) is 42.5 Å². The van der Waals surface area contributed by atoms with Crippen LogP contribution in [0.4, 0.5) is 11.4 Å². The number of ether oxygens (including phenoxy) is 2. The molecule has 156 valence electrons. The molecule has 2 N–H and O–H groups in total. The highest BCUT2D eigenvalue weighted by Crippen LogP contribution is 2.32. The van der Waals surface area contributed by atoms with E-state index in [0.717, 1.165) is 16.3 Å². The lowest BCUT2D eigenvalue weighted by atomic mass is 10.2. The molecule has 2 amide bonds. The monoisotopic (exact) mass is 425 g/mol. The fourth-order valence-electron chi connectivity index (χ4n) is 2.86. The van der Waals surface area contributed by atoms with Crippen molar-refractivity contribution in [3.05, 3.63) is 53.0 Å². The van der Waals surface area contributed by atoms with E-state index in [1.54, 1.807) is 25.1 Å². The summed E-state index contributed by atoms with van der Waals surface area (Å²) >= 11 is 1.31. The van der Waals surface area contributed by atoms with Crippen LogP contribution in [0.1, 0.15) is 29.2 Å². The minimum Gasteiger partial charge on any atom is -0.495 e. The summed E-state index contributed by atoms with van der Waals surface area (Å²) in [7, 11) is 1.52. The molecule has 3 aromatic rings. The van der Waals surface area contributed by atoms with E-state index in [4.69, 9.17) is 9.47 Å². The maximum atomic E-state index is 12.9. The second-order valence-electron chi connectivity index (χ2n) is 6.44. The molecular weight excluding hydrogens is 402 g/mol. The van der Waals surface area contributed by atoms with Crippen LogP contribution in [0.3, 0.4) is 0 Å². The van der Waals surface area contributed by atoms with Crippen LogP contribution >= 0.6 is 11.3 Å². The van der Waals surface area contributed by atoms with Gasteiger partial charge in [-0.3, -0.25) is 9.59 Å². The van der Waals surface area contributed by atoms with E-state index >= 15 is 0 Å². The van der Waals surface area contributed by atoms with Crippen molar-refractivity contribution in [3.8, 4) is 22.1 Å². The van der Waals surface area contributed by atoms with Gasteiger partial charge in [-0.05, 0) is 56.3 Å². The number of nitrogens with one attached hydrogen (secondary N) is 2. The first-order valence-corrected chi connectivity index (χ1v) is 10.2. The van der Waals surface area contributed by atoms with Crippen LogP contribution in [-0.4, -0.2) is 30.5 Å². The molecule has 30 heavy (non-hydrogen) atoms. The first-order valence-electron chi connectivity index (χ1n) is 9.39. The van der Waals surface area contributed by atoms with Crippen molar-refractivity contribution >= 4 is 34.5 Å². The normalized spacial score (nSPS) is 10.4. The van der Waals surface area contributed by atoms with Gasteiger partial charge in [0.25, 0.3) is 5.91 Å². The van der Waals surface area contributed by atoms with Gasteiger partial charge in [-0.15, -0.1) is 11.3 Å². The van der Waals surface area contributed by atoms with Gasteiger partial charge in [-0.2, -0.15) is 0 Å². The molecule has 7 nitrogen and oxygen atoms in total. The van der Waals surface area contributed by atoms with Gasteiger partial charge in [-0.25, -0.2) is 4.98 Å². The van der Waals surface area contributed by atoms with Gasteiger partial charge in [0.1, 0.15) is 21.4 Å². The first-order chi connectivity index (χ1) is 14.4. The van der Waals surface area contributed by atoms with Crippen LogP contribution < -0.4 is 20.1 Å². The van der Waals surface area contributed by atoms with E-state index in [-0.39, 0.29) is 11.8 Å². The van der Waals surface area contributed by atoms with Gasteiger partial charge in [0.15, 0.2) is 0 Å². The third kappa shape index (κ3) is 4.96. The van der Waals surface area contributed by atoms with Crippen molar-refractivity contribution in [2.45, 2.75) is 20.8 Å². The van der Waals surface area contributed by atoms with Crippen molar-refractivity contribution in [3.63, 3.8) is 0 Å². The number of nitrogens with zero attached hydrogens (tertiary/aromatic N) is 1. The largest absolute Gasteiger partial charge is 0.495 e. The molecule has 8 heteroatoms. The number of thiazole rings is 1. The van der Waals surface area contributed by atoms with Crippen molar-refractivity contribution in [1.29, 1.82) is 0 Å². The third-order valence-corrected chi connectivity index (χ3v) is 5.39. The Labute approximate surface area is 179 Å². The second kappa shape index (κ2) is 9.41. The minimum absolute atomic E-state index is 0.198. The van der Waals surface area contributed by atoms with Crippen LogP contribution in [0.2, 0.25) is 0 Å². The molecule has 0 saturated carbocycles. The quantitative estimate of drug-likeness (QED) is 0.571. The average molecular weight is 426 g/mol. The number of aromatic nitrogens is 1. The molecule has 3 rings (SSSR count). The number of carbonyl (C=O) groups is 2. The molecule has 0 atom stereocenters. The fraction of sp³-hybridized carbons (Fsp3) is 0.227. The molecule has 0 radical (unpaired) electrons. The van der Waals surface area contributed by atoms with Crippen molar-refractivity contribution in [1.82, 2.24) is 4.98 Å². The molecule has 0 aliphatic rings. The number of benzene rings is 2. The highest BCUT2D eigenvalue weighted by Gasteiger charge is 2.18. The van der Waals surface area contributed by atoms with Gasteiger partial charge in [0.2, 0.25) is 5.91 Å². The summed E-state index contributed by atoms with van der Waals surface area (Å²) in [5, 5.41) is 6.30. The van der Waals surface area contributed by atoms with E-state index < -0.39 is 0 Å². The van der Waals surface area contributed by atoms with Crippen LogP contribution in [0.25, 0.3) is 10.6 Å². The summed E-state index contributed by atoms with van der Waals surface area (Å²) in [6, 6.07) is 12.7. The molecule has 0 aliphatic carbocycles. The Morgan fingerprint density at radius 3 is 2.47 bits per heavy atom. The summed E-state index contributed by atoms with van der Waals surface area (Å²) in [6.45, 7) is 5.76. The number of aryl methyl sites for hydroxylation is 1. The highest BCUT2D eigenvalue weighted by atomic mass is 32.1. The Bertz CT molecular complexity index is 1060. The lowest BCUT2D eigenvalue weighted by molar-refractivity contribution is -0.114. The van der Waals surface area contributed by atoms with Gasteiger partial charge < -0.3 is 20.1 Å². The third-order valence-electron chi connectivity index (χ3n) is 4.18. The predicted octanol–water partition coefficient (Wildman–Crippen LogP) is 4.74. The van der Waals surface area contributed by atoms with E-state index in [1.165, 1.54) is 25.4 Å². The van der Waals surface area contributed by atoms with Crippen LogP contribution in [-0.2, 0) is 4.79 Å². The molecule has 0 unspecified atom stereocenters. The smallest absolute Gasteiger partial charge is 0.267 e.